The molecule has 1 aromatic carbocycles. The summed E-state index contributed by atoms with van der Waals surface area (Å²) >= 11 is 6.27. The summed E-state index contributed by atoms with van der Waals surface area (Å²) in [6.07, 6.45) is 2.12. The molecule has 1 heterocycles. The van der Waals surface area contributed by atoms with Crippen LogP contribution in [0.25, 0.3) is 0 Å². The summed E-state index contributed by atoms with van der Waals surface area (Å²) in [6.45, 7) is 6.92. The second-order valence-electron chi connectivity index (χ2n) is 6.10. The van der Waals surface area contributed by atoms with E-state index < -0.39 is 5.60 Å². The van der Waals surface area contributed by atoms with Crippen molar-refractivity contribution in [3.05, 3.63) is 34.3 Å². The molecule has 0 aromatic heterocycles. The first-order valence-corrected chi connectivity index (χ1v) is 7.36. The molecule has 2 rings (SSSR count). The van der Waals surface area contributed by atoms with Crippen molar-refractivity contribution in [1.29, 1.82) is 0 Å². The third kappa shape index (κ3) is 3.71. The normalized spacial score (nSPS) is 27.8. The van der Waals surface area contributed by atoms with E-state index in [4.69, 9.17) is 16.3 Å². The van der Waals surface area contributed by atoms with Crippen LogP contribution >= 0.6 is 11.6 Å². The molecule has 2 nitrogen and oxygen atoms in total. The van der Waals surface area contributed by atoms with E-state index in [-0.39, 0.29) is 6.10 Å². The van der Waals surface area contributed by atoms with Gasteiger partial charge in [-0.3, -0.25) is 0 Å². The van der Waals surface area contributed by atoms with Gasteiger partial charge in [0.1, 0.15) is 0 Å². The molecule has 0 bridgehead atoms. The lowest BCUT2D eigenvalue weighted by Gasteiger charge is -2.38. The van der Waals surface area contributed by atoms with Crippen LogP contribution < -0.4 is 0 Å². The van der Waals surface area contributed by atoms with E-state index in [9.17, 15) is 5.11 Å². The van der Waals surface area contributed by atoms with Gasteiger partial charge in [0, 0.05) is 24.5 Å². The Kier molecular flexibility index (Phi) is 4.54. The van der Waals surface area contributed by atoms with Gasteiger partial charge >= 0.3 is 0 Å². The molecule has 1 saturated heterocycles. The van der Waals surface area contributed by atoms with Gasteiger partial charge in [-0.05, 0) is 36.5 Å². The number of ether oxygens (including phenoxy) is 1. The zero-order valence-electron chi connectivity index (χ0n) is 11.9. The average Bonchev–Trinajstić information content (AvgIpc) is 2.33. The highest BCUT2D eigenvalue weighted by Gasteiger charge is 2.36. The topological polar surface area (TPSA) is 29.5 Å². The minimum atomic E-state index is -0.688. The van der Waals surface area contributed by atoms with Crippen molar-refractivity contribution in [3.63, 3.8) is 0 Å². The molecule has 2 unspecified atom stereocenters. The molecule has 0 radical (unpaired) electrons. The number of hydrogen-bond acceptors (Lipinski definition) is 2. The Morgan fingerprint density at radius 2 is 2.21 bits per heavy atom. The summed E-state index contributed by atoms with van der Waals surface area (Å²) in [5, 5.41) is 11.6. The number of rotatable bonds is 3. The lowest BCUT2D eigenvalue weighted by molar-refractivity contribution is -0.116. The summed E-state index contributed by atoms with van der Waals surface area (Å²) in [7, 11) is 0. The summed E-state index contributed by atoms with van der Waals surface area (Å²) in [5.74, 6) is 0.431. The molecule has 1 N–H and O–H groups in total. The van der Waals surface area contributed by atoms with Crippen LogP contribution in [-0.2, 0) is 11.2 Å². The second-order valence-corrected chi connectivity index (χ2v) is 6.51. The third-order valence-electron chi connectivity index (χ3n) is 3.95. The van der Waals surface area contributed by atoms with Gasteiger partial charge in [-0.1, -0.05) is 37.6 Å². The molecule has 1 fully saturated rings. The fraction of sp³-hybridized carbons (Fsp3) is 0.625. The van der Waals surface area contributed by atoms with Gasteiger partial charge in [0.25, 0.3) is 0 Å². The van der Waals surface area contributed by atoms with E-state index in [0.29, 0.717) is 31.8 Å². The maximum Gasteiger partial charge on any atom is 0.0735 e. The highest BCUT2D eigenvalue weighted by Crippen LogP contribution is 2.33. The fourth-order valence-electron chi connectivity index (χ4n) is 2.67. The van der Waals surface area contributed by atoms with Crippen molar-refractivity contribution < 1.29 is 9.84 Å². The van der Waals surface area contributed by atoms with Crippen LogP contribution in [0.2, 0.25) is 5.02 Å². The minimum absolute atomic E-state index is 0.142. The molecule has 19 heavy (non-hydrogen) atoms. The molecule has 0 amide bonds. The molecular formula is C16H23ClO2. The first-order chi connectivity index (χ1) is 8.89. The number of aryl methyl sites for hydroxylation is 1. The maximum atomic E-state index is 10.8. The van der Waals surface area contributed by atoms with Crippen molar-refractivity contribution >= 4 is 11.6 Å². The predicted octanol–water partition coefficient (Wildman–Crippen LogP) is 3.76. The highest BCUT2D eigenvalue weighted by molar-refractivity contribution is 6.31. The average molecular weight is 283 g/mol. The predicted molar refractivity (Wildman–Crippen MR) is 78.7 cm³/mol. The van der Waals surface area contributed by atoms with Gasteiger partial charge in [0.15, 0.2) is 0 Å². The lowest BCUT2D eigenvalue weighted by Crippen LogP contribution is -2.44. The van der Waals surface area contributed by atoms with Gasteiger partial charge in [-0.15, -0.1) is 0 Å². The van der Waals surface area contributed by atoms with Gasteiger partial charge in [-0.25, -0.2) is 0 Å². The van der Waals surface area contributed by atoms with Crippen LogP contribution in [-0.4, -0.2) is 23.4 Å². The first kappa shape index (κ1) is 14.8. The Morgan fingerprint density at radius 3 is 2.84 bits per heavy atom. The largest absolute Gasteiger partial charge is 0.389 e. The first-order valence-electron chi connectivity index (χ1n) is 6.99. The van der Waals surface area contributed by atoms with E-state index in [1.165, 1.54) is 0 Å². The third-order valence-corrected chi connectivity index (χ3v) is 4.30. The van der Waals surface area contributed by atoms with Crippen LogP contribution in [0.1, 0.15) is 37.8 Å². The number of benzene rings is 1. The fourth-order valence-corrected chi connectivity index (χ4v) is 2.98. The molecule has 0 saturated carbocycles. The standard InChI is InChI=1S/C16H23ClO2/c1-11(2)15-10-16(18,6-7-19-15)9-13-5-4-12(3)8-14(13)17/h4-5,8,11,15,18H,6-7,9-10H2,1-3H3. The zero-order chi connectivity index (χ0) is 14.0. The van der Waals surface area contributed by atoms with Crippen molar-refractivity contribution in [1.82, 2.24) is 0 Å². The molecule has 0 spiro atoms. The summed E-state index contributed by atoms with van der Waals surface area (Å²) in [6, 6.07) is 6.03. The maximum absolute atomic E-state index is 10.8. The number of aliphatic hydroxyl groups is 1. The van der Waals surface area contributed by atoms with E-state index in [1.54, 1.807) is 0 Å². The number of hydrogen-bond donors (Lipinski definition) is 1. The monoisotopic (exact) mass is 282 g/mol. The lowest BCUT2D eigenvalue weighted by atomic mass is 9.82. The van der Waals surface area contributed by atoms with E-state index in [0.717, 1.165) is 16.1 Å². The highest BCUT2D eigenvalue weighted by atomic mass is 35.5. The van der Waals surface area contributed by atoms with Crippen LogP contribution in [0, 0.1) is 12.8 Å². The molecule has 1 aliphatic heterocycles. The van der Waals surface area contributed by atoms with Crippen LogP contribution in [0.3, 0.4) is 0 Å². The van der Waals surface area contributed by atoms with Crippen molar-refractivity contribution in [2.75, 3.05) is 6.61 Å². The molecule has 106 valence electrons. The summed E-state index contributed by atoms with van der Waals surface area (Å²) in [5.41, 5.74) is 1.48. The van der Waals surface area contributed by atoms with E-state index in [2.05, 4.69) is 13.8 Å². The molecule has 1 aromatic rings. The summed E-state index contributed by atoms with van der Waals surface area (Å²) < 4.78 is 5.73. The molecule has 0 aliphatic carbocycles. The van der Waals surface area contributed by atoms with E-state index in [1.807, 2.05) is 25.1 Å². The minimum Gasteiger partial charge on any atom is -0.389 e. The number of halogens is 1. The van der Waals surface area contributed by atoms with Crippen LogP contribution in [0.5, 0.6) is 0 Å². The van der Waals surface area contributed by atoms with Crippen molar-refractivity contribution in [2.24, 2.45) is 5.92 Å². The van der Waals surface area contributed by atoms with Gasteiger partial charge in [0.2, 0.25) is 0 Å². The van der Waals surface area contributed by atoms with Gasteiger partial charge < -0.3 is 9.84 Å². The van der Waals surface area contributed by atoms with Crippen molar-refractivity contribution in [2.45, 2.75) is 51.7 Å². The summed E-state index contributed by atoms with van der Waals surface area (Å²) in [4.78, 5) is 0. The van der Waals surface area contributed by atoms with Gasteiger partial charge in [0.05, 0.1) is 11.7 Å². The second kappa shape index (κ2) is 5.82. The van der Waals surface area contributed by atoms with Crippen LogP contribution in [0.4, 0.5) is 0 Å². The zero-order valence-corrected chi connectivity index (χ0v) is 12.7. The van der Waals surface area contributed by atoms with E-state index >= 15 is 0 Å². The molecule has 1 aliphatic rings. The quantitative estimate of drug-likeness (QED) is 0.915. The SMILES string of the molecule is Cc1ccc(CC2(O)CCOC(C(C)C)C2)c(Cl)c1. The molecule has 3 heteroatoms. The molecule has 2 atom stereocenters. The van der Waals surface area contributed by atoms with Crippen LogP contribution in [0.15, 0.2) is 18.2 Å². The van der Waals surface area contributed by atoms with Gasteiger partial charge in [-0.2, -0.15) is 0 Å². The Hall–Kier alpha value is -0.570. The van der Waals surface area contributed by atoms with Crippen molar-refractivity contribution in [3.8, 4) is 0 Å². The smallest absolute Gasteiger partial charge is 0.0735 e. The molecular weight excluding hydrogens is 260 g/mol. The Bertz CT molecular complexity index is 444. The Balaban J connectivity index is 2.12. The Labute approximate surface area is 120 Å². The Morgan fingerprint density at radius 1 is 1.47 bits per heavy atom.